The van der Waals surface area contributed by atoms with E-state index in [1.54, 1.807) is 20.8 Å². The molecule has 0 heterocycles. The number of hydrogen-bond acceptors (Lipinski definition) is 3. The highest BCUT2D eigenvalue weighted by Crippen LogP contribution is 2.07. The van der Waals surface area contributed by atoms with Gasteiger partial charge in [-0.2, -0.15) is 0 Å². The quantitative estimate of drug-likeness (QED) is 0.711. The molecule has 0 fully saturated rings. The van der Waals surface area contributed by atoms with E-state index in [4.69, 9.17) is 9.84 Å². The Balaban J connectivity index is 3.97. The van der Waals surface area contributed by atoms with Crippen molar-refractivity contribution < 1.29 is 14.6 Å². The smallest absolute Gasteiger partial charge is 0.407 e. The highest BCUT2D eigenvalue weighted by atomic mass is 16.6. The van der Waals surface area contributed by atoms with Crippen LogP contribution in [0.5, 0.6) is 0 Å². The monoisotopic (exact) mass is 229 g/mol. The zero-order chi connectivity index (χ0) is 12.6. The Hall–Kier alpha value is -1.03. The maximum atomic E-state index is 11.4. The molecular formula is C12H23NO3. The van der Waals surface area contributed by atoms with Crippen molar-refractivity contribution in [2.45, 2.75) is 52.2 Å². The number of ether oxygens (including phenoxy) is 1. The van der Waals surface area contributed by atoms with Crippen molar-refractivity contribution >= 4 is 6.09 Å². The van der Waals surface area contributed by atoms with E-state index in [1.807, 2.05) is 19.1 Å². The molecule has 0 aromatic rings. The molecule has 4 heteroatoms. The van der Waals surface area contributed by atoms with E-state index in [0.29, 0.717) is 6.42 Å². The van der Waals surface area contributed by atoms with Gasteiger partial charge >= 0.3 is 6.09 Å². The number of rotatable bonds is 5. The third-order valence-electron chi connectivity index (χ3n) is 1.86. The maximum Gasteiger partial charge on any atom is 0.407 e. The topological polar surface area (TPSA) is 58.6 Å². The van der Waals surface area contributed by atoms with Crippen LogP contribution in [0.2, 0.25) is 0 Å². The van der Waals surface area contributed by atoms with Crippen molar-refractivity contribution in [1.29, 1.82) is 0 Å². The molecule has 0 aliphatic carbocycles. The molecule has 0 aliphatic heterocycles. The SMILES string of the molecule is C/C=C/CCC(CO)NC(=O)OC(C)(C)C. The summed E-state index contributed by atoms with van der Waals surface area (Å²) < 4.78 is 5.10. The molecular weight excluding hydrogens is 206 g/mol. The molecule has 16 heavy (non-hydrogen) atoms. The lowest BCUT2D eigenvalue weighted by Crippen LogP contribution is -2.40. The first-order valence-electron chi connectivity index (χ1n) is 5.60. The standard InChI is InChI=1S/C12H23NO3/c1-5-6-7-8-10(9-14)13-11(15)16-12(2,3)4/h5-6,10,14H,7-9H2,1-4H3,(H,13,15)/b6-5+. The Morgan fingerprint density at radius 3 is 2.56 bits per heavy atom. The molecule has 1 amide bonds. The average Bonchev–Trinajstić information content (AvgIpc) is 2.13. The lowest BCUT2D eigenvalue weighted by atomic mass is 10.1. The molecule has 0 aliphatic rings. The van der Waals surface area contributed by atoms with Gasteiger partial charge in [-0.25, -0.2) is 4.79 Å². The van der Waals surface area contributed by atoms with E-state index < -0.39 is 11.7 Å². The van der Waals surface area contributed by atoms with Crippen LogP contribution in [0.4, 0.5) is 4.79 Å². The Morgan fingerprint density at radius 2 is 2.12 bits per heavy atom. The van der Waals surface area contributed by atoms with Crippen molar-refractivity contribution in [3.63, 3.8) is 0 Å². The predicted molar refractivity (Wildman–Crippen MR) is 64.3 cm³/mol. The van der Waals surface area contributed by atoms with Crippen LogP contribution in [-0.2, 0) is 4.74 Å². The van der Waals surface area contributed by atoms with Gasteiger partial charge in [0.15, 0.2) is 0 Å². The van der Waals surface area contributed by atoms with Gasteiger partial charge in [0, 0.05) is 0 Å². The molecule has 4 nitrogen and oxygen atoms in total. The van der Waals surface area contributed by atoms with Gasteiger partial charge in [-0.3, -0.25) is 0 Å². The molecule has 1 unspecified atom stereocenters. The third kappa shape index (κ3) is 8.29. The summed E-state index contributed by atoms with van der Waals surface area (Å²) in [5.41, 5.74) is -0.507. The highest BCUT2D eigenvalue weighted by molar-refractivity contribution is 5.68. The molecule has 0 saturated carbocycles. The fourth-order valence-corrected chi connectivity index (χ4v) is 1.15. The van der Waals surface area contributed by atoms with E-state index in [2.05, 4.69) is 5.32 Å². The minimum Gasteiger partial charge on any atom is -0.444 e. The molecule has 1 atom stereocenters. The number of carbonyl (C=O) groups excluding carboxylic acids is 1. The van der Waals surface area contributed by atoms with Gasteiger partial charge in [0.1, 0.15) is 5.60 Å². The first kappa shape index (κ1) is 15.0. The number of allylic oxidation sites excluding steroid dienone is 2. The lowest BCUT2D eigenvalue weighted by molar-refractivity contribution is 0.0479. The van der Waals surface area contributed by atoms with Crippen molar-refractivity contribution in [1.82, 2.24) is 5.32 Å². The number of carbonyl (C=O) groups is 1. The van der Waals surface area contributed by atoms with Crippen LogP contribution in [0.3, 0.4) is 0 Å². The van der Waals surface area contributed by atoms with Crippen LogP contribution < -0.4 is 5.32 Å². The molecule has 0 bridgehead atoms. The zero-order valence-electron chi connectivity index (χ0n) is 10.6. The van der Waals surface area contributed by atoms with Gasteiger partial charge in [-0.1, -0.05) is 12.2 Å². The van der Waals surface area contributed by atoms with E-state index in [0.717, 1.165) is 6.42 Å². The Bertz CT molecular complexity index is 231. The fraction of sp³-hybridized carbons (Fsp3) is 0.750. The van der Waals surface area contributed by atoms with Crippen LogP contribution in [0.25, 0.3) is 0 Å². The van der Waals surface area contributed by atoms with Gasteiger partial charge < -0.3 is 15.2 Å². The number of hydrogen-bond donors (Lipinski definition) is 2. The molecule has 0 rings (SSSR count). The number of aliphatic hydroxyl groups excluding tert-OH is 1. The number of nitrogens with one attached hydrogen (secondary N) is 1. The summed E-state index contributed by atoms with van der Waals surface area (Å²) in [5, 5.41) is 11.7. The summed E-state index contributed by atoms with van der Waals surface area (Å²) in [5.74, 6) is 0. The summed E-state index contributed by atoms with van der Waals surface area (Å²) >= 11 is 0. The van der Waals surface area contributed by atoms with Crippen molar-refractivity contribution in [2.24, 2.45) is 0 Å². The van der Waals surface area contributed by atoms with Gasteiger partial charge in [-0.15, -0.1) is 0 Å². The highest BCUT2D eigenvalue weighted by Gasteiger charge is 2.18. The maximum absolute atomic E-state index is 11.4. The summed E-state index contributed by atoms with van der Waals surface area (Å²) in [6.07, 6.45) is 5.01. The minimum absolute atomic E-state index is 0.0726. The lowest BCUT2D eigenvalue weighted by Gasteiger charge is -2.22. The Labute approximate surface area is 97.7 Å². The zero-order valence-corrected chi connectivity index (χ0v) is 10.6. The van der Waals surface area contributed by atoms with Gasteiger partial charge in [0.05, 0.1) is 12.6 Å². The Kier molecular flexibility index (Phi) is 6.81. The van der Waals surface area contributed by atoms with E-state index >= 15 is 0 Å². The molecule has 0 aromatic heterocycles. The molecule has 0 saturated heterocycles. The molecule has 0 radical (unpaired) electrons. The number of aliphatic hydroxyl groups is 1. The van der Waals surface area contributed by atoms with Crippen molar-refractivity contribution in [3.8, 4) is 0 Å². The minimum atomic E-state index is -0.507. The predicted octanol–water partition coefficient (Wildman–Crippen LogP) is 2.23. The Morgan fingerprint density at radius 1 is 1.50 bits per heavy atom. The van der Waals surface area contributed by atoms with Gasteiger partial charge in [-0.05, 0) is 40.5 Å². The third-order valence-corrected chi connectivity index (χ3v) is 1.86. The summed E-state index contributed by atoms with van der Waals surface area (Å²) in [6, 6.07) is -0.244. The summed E-state index contributed by atoms with van der Waals surface area (Å²) in [4.78, 5) is 11.4. The van der Waals surface area contributed by atoms with Gasteiger partial charge in [0.2, 0.25) is 0 Å². The number of amides is 1. The van der Waals surface area contributed by atoms with E-state index in [1.165, 1.54) is 0 Å². The normalized spacial score (nSPS) is 13.8. The molecule has 0 spiro atoms. The van der Waals surface area contributed by atoms with Gasteiger partial charge in [0.25, 0.3) is 0 Å². The summed E-state index contributed by atoms with van der Waals surface area (Å²) in [6.45, 7) is 7.28. The van der Waals surface area contributed by atoms with Crippen molar-refractivity contribution in [3.05, 3.63) is 12.2 Å². The van der Waals surface area contributed by atoms with E-state index in [-0.39, 0.29) is 12.6 Å². The van der Waals surface area contributed by atoms with Crippen LogP contribution in [0.15, 0.2) is 12.2 Å². The number of alkyl carbamates (subject to hydrolysis) is 1. The van der Waals surface area contributed by atoms with Crippen LogP contribution >= 0.6 is 0 Å². The van der Waals surface area contributed by atoms with Crippen LogP contribution in [-0.4, -0.2) is 29.4 Å². The fourth-order valence-electron chi connectivity index (χ4n) is 1.15. The van der Waals surface area contributed by atoms with E-state index in [9.17, 15) is 4.79 Å². The first-order chi connectivity index (χ1) is 7.39. The molecule has 2 N–H and O–H groups in total. The molecule has 0 aromatic carbocycles. The second-order valence-electron chi connectivity index (χ2n) is 4.67. The van der Waals surface area contributed by atoms with Crippen LogP contribution in [0, 0.1) is 0 Å². The largest absolute Gasteiger partial charge is 0.444 e. The molecule has 94 valence electrons. The van der Waals surface area contributed by atoms with Crippen LogP contribution in [0.1, 0.15) is 40.5 Å². The first-order valence-corrected chi connectivity index (χ1v) is 5.60. The second kappa shape index (κ2) is 7.28. The summed E-state index contributed by atoms with van der Waals surface area (Å²) in [7, 11) is 0. The second-order valence-corrected chi connectivity index (χ2v) is 4.67. The average molecular weight is 229 g/mol. The van der Waals surface area contributed by atoms with Crippen molar-refractivity contribution in [2.75, 3.05) is 6.61 Å².